The Morgan fingerprint density at radius 2 is 2.17 bits per heavy atom. The van der Waals surface area contributed by atoms with E-state index in [0.717, 1.165) is 12.4 Å². The van der Waals surface area contributed by atoms with Crippen LogP contribution in [0.4, 0.5) is 0 Å². The second kappa shape index (κ2) is 7.53. The van der Waals surface area contributed by atoms with Crippen molar-refractivity contribution in [1.29, 1.82) is 0 Å². The highest BCUT2D eigenvalue weighted by Crippen LogP contribution is 2.29. The van der Waals surface area contributed by atoms with Crippen LogP contribution in [0, 0.1) is 0 Å². The molecule has 8 heteroatoms. The number of hydrogen-bond donors (Lipinski definition) is 1. The van der Waals surface area contributed by atoms with E-state index >= 15 is 0 Å². The largest absolute Gasteiger partial charge is 0.336 e. The molecule has 1 aliphatic rings. The highest BCUT2D eigenvalue weighted by atomic mass is 35.5. The lowest BCUT2D eigenvalue weighted by atomic mass is 10.1. The molecule has 0 radical (unpaired) electrons. The zero-order valence-electron chi connectivity index (χ0n) is 12.5. The molecule has 1 aromatic heterocycles. The molecule has 0 saturated carbocycles. The van der Waals surface area contributed by atoms with Crippen LogP contribution in [0.25, 0.3) is 0 Å². The van der Waals surface area contributed by atoms with Crippen LogP contribution < -0.4 is 5.32 Å². The lowest BCUT2D eigenvalue weighted by molar-refractivity contribution is 0.0621. The van der Waals surface area contributed by atoms with E-state index in [1.165, 1.54) is 0 Å². The lowest BCUT2D eigenvalue weighted by Crippen LogP contribution is -2.49. The summed E-state index contributed by atoms with van der Waals surface area (Å²) < 4.78 is 1.93. The average Bonchev–Trinajstić information content (AvgIpc) is 2.95. The van der Waals surface area contributed by atoms with E-state index in [1.54, 1.807) is 29.3 Å². The molecule has 3 rings (SSSR count). The van der Waals surface area contributed by atoms with Crippen molar-refractivity contribution in [3.63, 3.8) is 0 Å². The fourth-order valence-electron chi connectivity index (χ4n) is 2.70. The Labute approximate surface area is 151 Å². The van der Waals surface area contributed by atoms with Gasteiger partial charge in [0.2, 0.25) is 0 Å². The number of aromatic nitrogens is 2. The van der Waals surface area contributed by atoms with Crippen molar-refractivity contribution in [1.82, 2.24) is 19.8 Å². The van der Waals surface area contributed by atoms with Gasteiger partial charge in [-0.1, -0.05) is 29.3 Å². The summed E-state index contributed by atoms with van der Waals surface area (Å²) in [7, 11) is 1.92. The zero-order chi connectivity index (χ0) is 15.7. The SMILES string of the molecule is Cl.Cn1ccnc1C1CNCCN1C(=O)c1cccc(Cl)c1Cl. The molecule has 1 fully saturated rings. The predicted octanol–water partition coefficient (Wildman–Crippen LogP) is 2.94. The van der Waals surface area contributed by atoms with Crippen LogP contribution in [0.5, 0.6) is 0 Å². The zero-order valence-corrected chi connectivity index (χ0v) is 14.8. The molecule has 1 unspecified atom stereocenters. The van der Waals surface area contributed by atoms with Crippen molar-refractivity contribution >= 4 is 41.5 Å². The highest BCUT2D eigenvalue weighted by Gasteiger charge is 2.32. The Morgan fingerprint density at radius 1 is 1.39 bits per heavy atom. The molecular formula is C15H17Cl3N4O. The van der Waals surface area contributed by atoms with Crippen LogP contribution in [0.2, 0.25) is 10.0 Å². The molecule has 1 saturated heterocycles. The fourth-order valence-corrected chi connectivity index (χ4v) is 3.08. The third-order valence-corrected chi connectivity index (χ3v) is 4.66. The molecule has 2 aromatic rings. The first kappa shape index (κ1) is 18.1. The second-order valence-electron chi connectivity index (χ2n) is 5.22. The number of amides is 1. The monoisotopic (exact) mass is 374 g/mol. The third-order valence-electron chi connectivity index (χ3n) is 3.84. The smallest absolute Gasteiger partial charge is 0.256 e. The van der Waals surface area contributed by atoms with E-state index in [0.29, 0.717) is 28.7 Å². The van der Waals surface area contributed by atoms with Gasteiger partial charge in [0, 0.05) is 39.1 Å². The molecular weight excluding hydrogens is 359 g/mol. The van der Waals surface area contributed by atoms with Crippen molar-refractivity contribution in [3.05, 3.63) is 52.0 Å². The minimum absolute atomic E-state index is 0. The van der Waals surface area contributed by atoms with Crippen molar-refractivity contribution in [2.75, 3.05) is 19.6 Å². The van der Waals surface area contributed by atoms with Crippen LogP contribution in [0.3, 0.4) is 0 Å². The highest BCUT2D eigenvalue weighted by molar-refractivity contribution is 6.43. The summed E-state index contributed by atoms with van der Waals surface area (Å²) in [5.41, 5.74) is 0.426. The molecule has 0 aliphatic carbocycles. The molecule has 124 valence electrons. The van der Waals surface area contributed by atoms with Gasteiger partial charge in [0.1, 0.15) is 11.9 Å². The van der Waals surface area contributed by atoms with Gasteiger partial charge < -0.3 is 14.8 Å². The van der Waals surface area contributed by atoms with E-state index in [2.05, 4.69) is 10.3 Å². The van der Waals surface area contributed by atoms with Gasteiger partial charge in [-0.3, -0.25) is 4.79 Å². The summed E-state index contributed by atoms with van der Waals surface area (Å²) in [6.07, 6.45) is 3.61. The number of nitrogens with zero attached hydrogens (tertiary/aromatic N) is 3. The summed E-state index contributed by atoms with van der Waals surface area (Å²) in [5.74, 6) is 0.723. The first-order valence-corrected chi connectivity index (χ1v) is 7.78. The van der Waals surface area contributed by atoms with E-state index in [1.807, 2.05) is 17.8 Å². The van der Waals surface area contributed by atoms with Gasteiger partial charge in [-0.05, 0) is 12.1 Å². The normalized spacial score (nSPS) is 17.7. The van der Waals surface area contributed by atoms with Crippen molar-refractivity contribution in [2.24, 2.45) is 7.05 Å². The predicted molar refractivity (Wildman–Crippen MR) is 93.6 cm³/mol. The summed E-state index contributed by atoms with van der Waals surface area (Å²) in [6, 6.07) is 4.98. The van der Waals surface area contributed by atoms with Gasteiger partial charge in [0.25, 0.3) is 5.91 Å². The number of piperazine rings is 1. The molecule has 1 amide bonds. The maximum atomic E-state index is 12.9. The Hall–Kier alpha value is -1.27. The molecule has 0 bridgehead atoms. The van der Waals surface area contributed by atoms with Crippen LogP contribution in [-0.4, -0.2) is 40.0 Å². The Kier molecular flexibility index (Phi) is 5.92. The van der Waals surface area contributed by atoms with Gasteiger partial charge in [0.15, 0.2) is 0 Å². The number of benzene rings is 1. The van der Waals surface area contributed by atoms with Crippen LogP contribution >= 0.6 is 35.6 Å². The number of aryl methyl sites for hydroxylation is 1. The van der Waals surface area contributed by atoms with Crippen LogP contribution in [-0.2, 0) is 7.05 Å². The van der Waals surface area contributed by atoms with Gasteiger partial charge in [-0.15, -0.1) is 12.4 Å². The summed E-state index contributed by atoms with van der Waals surface area (Å²) in [5, 5.41) is 3.99. The third kappa shape index (κ3) is 3.48. The van der Waals surface area contributed by atoms with E-state index < -0.39 is 0 Å². The standard InChI is InChI=1S/C15H16Cl2N4O.ClH/c1-20-7-6-19-14(20)12-9-18-5-8-21(12)15(22)10-3-2-4-11(16)13(10)17;/h2-4,6-7,12,18H,5,8-9H2,1H3;1H. The first-order chi connectivity index (χ1) is 10.6. The van der Waals surface area contributed by atoms with Gasteiger partial charge in [-0.2, -0.15) is 0 Å². The quantitative estimate of drug-likeness (QED) is 0.878. The lowest BCUT2D eigenvalue weighted by Gasteiger charge is -2.36. The second-order valence-corrected chi connectivity index (χ2v) is 6.00. The Bertz CT molecular complexity index is 704. The average molecular weight is 376 g/mol. The van der Waals surface area contributed by atoms with Crippen LogP contribution in [0.1, 0.15) is 22.2 Å². The Morgan fingerprint density at radius 3 is 2.87 bits per heavy atom. The van der Waals surface area contributed by atoms with E-state index in [4.69, 9.17) is 23.2 Å². The van der Waals surface area contributed by atoms with Crippen molar-refractivity contribution < 1.29 is 4.79 Å². The topological polar surface area (TPSA) is 50.2 Å². The number of imidazole rings is 1. The minimum Gasteiger partial charge on any atom is -0.336 e. The summed E-state index contributed by atoms with van der Waals surface area (Å²) in [4.78, 5) is 19.1. The number of carbonyl (C=O) groups is 1. The van der Waals surface area contributed by atoms with Crippen molar-refractivity contribution in [2.45, 2.75) is 6.04 Å². The number of rotatable bonds is 2. The fraction of sp³-hybridized carbons (Fsp3) is 0.333. The number of halogens is 3. The Balaban J connectivity index is 0.00000192. The molecule has 1 aromatic carbocycles. The number of carbonyl (C=O) groups excluding carboxylic acids is 1. The molecule has 23 heavy (non-hydrogen) atoms. The first-order valence-electron chi connectivity index (χ1n) is 7.02. The molecule has 1 N–H and O–H groups in total. The summed E-state index contributed by atoms with van der Waals surface area (Å²) >= 11 is 12.2. The van der Waals surface area contributed by atoms with Crippen LogP contribution in [0.15, 0.2) is 30.6 Å². The maximum absolute atomic E-state index is 12.9. The minimum atomic E-state index is -0.128. The molecule has 5 nitrogen and oxygen atoms in total. The summed E-state index contributed by atoms with van der Waals surface area (Å²) in [6.45, 7) is 2.00. The molecule has 2 heterocycles. The number of nitrogens with one attached hydrogen (secondary N) is 1. The molecule has 1 aliphatic heterocycles. The van der Waals surface area contributed by atoms with E-state index in [9.17, 15) is 4.79 Å². The number of hydrogen-bond acceptors (Lipinski definition) is 3. The van der Waals surface area contributed by atoms with Gasteiger partial charge in [-0.25, -0.2) is 4.98 Å². The van der Waals surface area contributed by atoms with Gasteiger partial charge in [0.05, 0.1) is 15.6 Å². The van der Waals surface area contributed by atoms with Crippen molar-refractivity contribution in [3.8, 4) is 0 Å². The molecule has 1 atom stereocenters. The maximum Gasteiger partial charge on any atom is 0.256 e. The molecule has 0 spiro atoms. The van der Waals surface area contributed by atoms with E-state index in [-0.39, 0.29) is 24.4 Å². The van der Waals surface area contributed by atoms with Gasteiger partial charge >= 0.3 is 0 Å².